The molecule has 3 rings (SSSR count). The molecule has 7 heteroatoms. The van der Waals surface area contributed by atoms with Crippen molar-refractivity contribution in [1.82, 2.24) is 5.32 Å². The topological polar surface area (TPSA) is 86.3 Å². The van der Waals surface area contributed by atoms with Gasteiger partial charge in [0.2, 0.25) is 0 Å². The van der Waals surface area contributed by atoms with E-state index >= 15 is 0 Å². The molecule has 0 aromatic heterocycles. The summed E-state index contributed by atoms with van der Waals surface area (Å²) in [5, 5.41) is 13.7. The van der Waals surface area contributed by atoms with Crippen LogP contribution in [0.4, 0.5) is 0 Å². The van der Waals surface area contributed by atoms with Crippen LogP contribution in [0.25, 0.3) is 0 Å². The zero-order valence-corrected chi connectivity index (χ0v) is 18.1. The first-order chi connectivity index (χ1) is 15.0. The lowest BCUT2D eigenvalue weighted by Gasteiger charge is -2.36. The molecule has 0 unspecified atom stereocenters. The Hall–Kier alpha value is -2.77. The number of carbonyl (C=O) groups is 1. The molecule has 1 saturated carbocycles. The highest BCUT2D eigenvalue weighted by Crippen LogP contribution is 2.32. The van der Waals surface area contributed by atoms with Crippen molar-refractivity contribution in [3.05, 3.63) is 54.1 Å². The van der Waals surface area contributed by atoms with Gasteiger partial charge in [0.1, 0.15) is 17.2 Å². The standard InChI is InChI=1S/C24H31NO6/c1-28-17-31-20-8-6-19(7-9-20)23(26)25-16-24(27)12-10-18(11-13-24)15-30-22-5-3-4-21(14-22)29-2/h3-9,14,18,27H,10-13,15-17H2,1-2H3,(H,25,26)/t18-,24+. The van der Waals surface area contributed by atoms with Crippen molar-refractivity contribution in [2.45, 2.75) is 31.3 Å². The first-order valence-corrected chi connectivity index (χ1v) is 10.5. The normalized spacial score (nSPS) is 20.7. The molecule has 2 N–H and O–H groups in total. The van der Waals surface area contributed by atoms with Crippen LogP contribution in [0.2, 0.25) is 0 Å². The maximum atomic E-state index is 12.4. The van der Waals surface area contributed by atoms with E-state index in [-0.39, 0.29) is 19.2 Å². The molecule has 168 valence electrons. The Kier molecular flexibility index (Phi) is 8.14. The number of nitrogens with one attached hydrogen (secondary N) is 1. The zero-order chi connectivity index (χ0) is 22.1. The van der Waals surface area contributed by atoms with Crippen molar-refractivity contribution >= 4 is 5.91 Å². The Morgan fingerprint density at radius 3 is 2.42 bits per heavy atom. The van der Waals surface area contributed by atoms with Crippen molar-refractivity contribution in [3.8, 4) is 17.2 Å². The average Bonchev–Trinajstić information content (AvgIpc) is 2.81. The van der Waals surface area contributed by atoms with Crippen molar-refractivity contribution in [3.63, 3.8) is 0 Å². The molecule has 1 amide bonds. The highest BCUT2D eigenvalue weighted by Gasteiger charge is 2.33. The van der Waals surface area contributed by atoms with Crippen molar-refractivity contribution < 1.29 is 28.8 Å². The average molecular weight is 430 g/mol. The largest absolute Gasteiger partial charge is 0.497 e. The van der Waals surface area contributed by atoms with Gasteiger partial charge >= 0.3 is 0 Å². The van der Waals surface area contributed by atoms with Crippen LogP contribution in [0, 0.1) is 5.92 Å². The third kappa shape index (κ3) is 6.87. The Balaban J connectivity index is 1.41. The molecule has 1 aliphatic carbocycles. The van der Waals surface area contributed by atoms with Gasteiger partial charge in [-0.2, -0.15) is 0 Å². The third-order valence-corrected chi connectivity index (χ3v) is 5.60. The lowest BCUT2D eigenvalue weighted by Crippen LogP contribution is -2.45. The number of ether oxygens (including phenoxy) is 4. The number of rotatable bonds is 10. The van der Waals surface area contributed by atoms with Gasteiger partial charge < -0.3 is 29.4 Å². The Morgan fingerprint density at radius 2 is 1.74 bits per heavy atom. The monoisotopic (exact) mass is 429 g/mol. The van der Waals surface area contributed by atoms with Crippen molar-refractivity contribution in [1.29, 1.82) is 0 Å². The number of hydrogen-bond acceptors (Lipinski definition) is 6. The second kappa shape index (κ2) is 11.0. The molecule has 0 aliphatic heterocycles. The van der Waals surface area contributed by atoms with Gasteiger partial charge in [-0.1, -0.05) is 6.07 Å². The van der Waals surface area contributed by atoms with E-state index in [0.717, 1.165) is 24.3 Å². The Labute approximate surface area is 183 Å². The third-order valence-electron chi connectivity index (χ3n) is 5.60. The summed E-state index contributed by atoms with van der Waals surface area (Å²) in [6.45, 7) is 0.995. The summed E-state index contributed by atoms with van der Waals surface area (Å²) in [5.74, 6) is 2.35. The highest BCUT2D eigenvalue weighted by atomic mass is 16.7. The maximum absolute atomic E-state index is 12.4. The van der Waals surface area contributed by atoms with E-state index in [9.17, 15) is 9.90 Å². The number of aliphatic hydroxyl groups is 1. The summed E-state index contributed by atoms with van der Waals surface area (Å²) in [6, 6.07) is 14.4. The summed E-state index contributed by atoms with van der Waals surface area (Å²) < 4.78 is 21.3. The van der Waals surface area contributed by atoms with Crippen molar-refractivity contribution in [2.75, 3.05) is 34.2 Å². The van der Waals surface area contributed by atoms with Gasteiger partial charge in [0.15, 0.2) is 6.79 Å². The lowest BCUT2D eigenvalue weighted by molar-refractivity contribution is -0.0129. The molecule has 0 spiro atoms. The molecule has 7 nitrogen and oxygen atoms in total. The van der Waals surface area contributed by atoms with Gasteiger partial charge in [-0.3, -0.25) is 4.79 Å². The molecule has 0 heterocycles. The first-order valence-electron chi connectivity index (χ1n) is 10.5. The number of methoxy groups -OCH3 is 2. The van der Waals surface area contributed by atoms with Crippen LogP contribution in [-0.2, 0) is 4.74 Å². The van der Waals surface area contributed by atoms with Crippen LogP contribution in [-0.4, -0.2) is 50.8 Å². The molecule has 2 aromatic carbocycles. The van der Waals surface area contributed by atoms with Crippen LogP contribution in [0.15, 0.2) is 48.5 Å². The van der Waals surface area contributed by atoms with Gasteiger partial charge in [0, 0.05) is 25.3 Å². The maximum Gasteiger partial charge on any atom is 0.251 e. The Bertz CT molecular complexity index is 830. The van der Waals surface area contributed by atoms with E-state index in [1.165, 1.54) is 0 Å². The van der Waals surface area contributed by atoms with Crippen LogP contribution in [0.5, 0.6) is 17.2 Å². The van der Waals surface area contributed by atoms with Gasteiger partial charge in [-0.15, -0.1) is 0 Å². The quantitative estimate of drug-likeness (QED) is 0.563. The van der Waals surface area contributed by atoms with Crippen LogP contribution in [0.3, 0.4) is 0 Å². The van der Waals surface area contributed by atoms with Gasteiger partial charge in [-0.05, 0) is 68.0 Å². The predicted molar refractivity (Wildman–Crippen MR) is 117 cm³/mol. The second-order valence-electron chi connectivity index (χ2n) is 7.92. The highest BCUT2D eigenvalue weighted by molar-refractivity contribution is 5.94. The fourth-order valence-electron chi connectivity index (χ4n) is 3.64. The number of amides is 1. The summed E-state index contributed by atoms with van der Waals surface area (Å²) in [7, 11) is 3.18. The van der Waals surface area contributed by atoms with Crippen LogP contribution < -0.4 is 19.5 Å². The smallest absolute Gasteiger partial charge is 0.251 e. The van der Waals surface area contributed by atoms with E-state index in [2.05, 4.69) is 5.32 Å². The van der Waals surface area contributed by atoms with E-state index < -0.39 is 5.60 Å². The molecule has 31 heavy (non-hydrogen) atoms. The summed E-state index contributed by atoms with van der Waals surface area (Å²) >= 11 is 0. The summed E-state index contributed by atoms with van der Waals surface area (Å²) in [6.07, 6.45) is 2.95. The second-order valence-corrected chi connectivity index (χ2v) is 7.92. The number of carbonyl (C=O) groups excluding carboxylic acids is 1. The van der Waals surface area contributed by atoms with Gasteiger partial charge in [-0.25, -0.2) is 0 Å². The number of hydrogen-bond donors (Lipinski definition) is 2. The van der Waals surface area contributed by atoms with Crippen molar-refractivity contribution in [2.24, 2.45) is 5.92 Å². The van der Waals surface area contributed by atoms with E-state index in [1.54, 1.807) is 38.5 Å². The van der Waals surface area contributed by atoms with E-state index in [4.69, 9.17) is 18.9 Å². The van der Waals surface area contributed by atoms with E-state index in [0.29, 0.717) is 36.7 Å². The first kappa shape index (κ1) is 22.9. The van der Waals surface area contributed by atoms with Gasteiger partial charge in [0.05, 0.1) is 19.3 Å². The SMILES string of the molecule is COCOc1ccc(C(=O)NC[C@]2(O)CC[C@@H](COc3cccc(OC)c3)CC2)cc1. The molecular weight excluding hydrogens is 398 g/mol. The molecular formula is C24H31NO6. The molecule has 0 bridgehead atoms. The fourth-order valence-corrected chi connectivity index (χ4v) is 3.64. The molecule has 0 saturated heterocycles. The Morgan fingerprint density at radius 1 is 1.03 bits per heavy atom. The summed E-state index contributed by atoms with van der Waals surface area (Å²) in [5.41, 5.74) is -0.363. The van der Waals surface area contributed by atoms with Gasteiger partial charge in [0.25, 0.3) is 5.91 Å². The summed E-state index contributed by atoms with van der Waals surface area (Å²) in [4.78, 5) is 12.4. The lowest BCUT2D eigenvalue weighted by atomic mass is 9.79. The number of benzene rings is 2. The minimum atomic E-state index is -0.885. The molecule has 0 radical (unpaired) electrons. The minimum absolute atomic E-state index is 0.157. The van der Waals surface area contributed by atoms with Crippen LogP contribution in [0.1, 0.15) is 36.0 Å². The fraction of sp³-hybridized carbons (Fsp3) is 0.458. The minimum Gasteiger partial charge on any atom is -0.497 e. The predicted octanol–water partition coefficient (Wildman–Crippen LogP) is 3.41. The van der Waals surface area contributed by atoms with E-state index in [1.807, 2.05) is 24.3 Å². The zero-order valence-electron chi connectivity index (χ0n) is 18.1. The van der Waals surface area contributed by atoms with Crippen LogP contribution >= 0.6 is 0 Å². The molecule has 1 aliphatic rings. The molecule has 0 atom stereocenters. The molecule has 2 aromatic rings. The molecule has 1 fully saturated rings.